The molecule has 116 valence electrons. The summed E-state index contributed by atoms with van der Waals surface area (Å²) in [5.74, 6) is 0.534. The first-order chi connectivity index (χ1) is 9.71. The fourth-order valence-corrected chi connectivity index (χ4v) is 3.76. The molecular weight excluding hydrogens is 288 g/mol. The van der Waals surface area contributed by atoms with Gasteiger partial charge in [-0.05, 0) is 37.3 Å². The molecule has 0 saturated carbocycles. The second kappa shape index (κ2) is 5.77. The maximum atomic E-state index is 12.8. The summed E-state index contributed by atoms with van der Waals surface area (Å²) in [6.45, 7) is 6.87. The zero-order chi connectivity index (χ0) is 15.8. The molecule has 1 aromatic rings. The molecule has 0 aromatic heterocycles. The maximum absolute atomic E-state index is 12.8. The van der Waals surface area contributed by atoms with Gasteiger partial charge in [0, 0.05) is 12.6 Å². The average molecular weight is 310 g/mol. The third kappa shape index (κ3) is 3.27. The van der Waals surface area contributed by atoms with Gasteiger partial charge in [0.15, 0.2) is 0 Å². The van der Waals surface area contributed by atoms with Gasteiger partial charge in [0.05, 0.1) is 10.5 Å². The molecule has 0 radical (unpaired) electrons. The van der Waals surface area contributed by atoms with Crippen LogP contribution in [0.3, 0.4) is 0 Å². The summed E-state index contributed by atoms with van der Waals surface area (Å²) in [7, 11) is -3.91. The largest absolute Gasteiger partial charge is 0.335 e. The number of nitrogens with zero attached hydrogens (tertiary/aromatic N) is 1. The molecule has 21 heavy (non-hydrogen) atoms. The van der Waals surface area contributed by atoms with E-state index >= 15 is 0 Å². The van der Waals surface area contributed by atoms with Crippen LogP contribution >= 0.6 is 0 Å². The second-order valence-corrected chi connectivity index (χ2v) is 7.59. The normalized spacial score (nSPS) is 26.7. The lowest BCUT2D eigenvalue weighted by Crippen LogP contribution is -2.49. The third-order valence-electron chi connectivity index (χ3n) is 4.28. The minimum absolute atomic E-state index is 0.0854. The van der Waals surface area contributed by atoms with E-state index in [-0.39, 0.29) is 22.4 Å². The van der Waals surface area contributed by atoms with Gasteiger partial charge in [-0.2, -0.15) is 0 Å². The number of nitrogens with two attached hydrogens (primary N) is 1. The number of hydrogen-bond acceptors (Lipinski definition) is 3. The first kappa shape index (κ1) is 16.0. The number of amides is 1. The van der Waals surface area contributed by atoms with Crippen molar-refractivity contribution in [1.29, 1.82) is 0 Å². The van der Waals surface area contributed by atoms with Crippen molar-refractivity contribution in [2.24, 2.45) is 17.0 Å². The van der Waals surface area contributed by atoms with Gasteiger partial charge in [0.1, 0.15) is 0 Å². The summed E-state index contributed by atoms with van der Waals surface area (Å²) in [5, 5.41) is 5.22. The van der Waals surface area contributed by atoms with Crippen LogP contribution in [0, 0.1) is 11.8 Å². The van der Waals surface area contributed by atoms with Crippen molar-refractivity contribution >= 4 is 15.9 Å². The van der Waals surface area contributed by atoms with Crippen LogP contribution in [0.2, 0.25) is 0 Å². The number of primary sulfonamides is 1. The highest BCUT2D eigenvalue weighted by atomic mass is 32.2. The second-order valence-electron chi connectivity index (χ2n) is 6.06. The first-order valence-corrected chi connectivity index (χ1v) is 8.69. The van der Waals surface area contributed by atoms with E-state index in [1.165, 1.54) is 12.1 Å². The van der Waals surface area contributed by atoms with E-state index in [1.54, 1.807) is 17.0 Å². The first-order valence-electron chi connectivity index (χ1n) is 7.14. The van der Waals surface area contributed by atoms with Gasteiger partial charge in [-0.15, -0.1) is 0 Å². The number of hydrogen-bond donors (Lipinski definition) is 1. The van der Waals surface area contributed by atoms with Gasteiger partial charge < -0.3 is 4.90 Å². The van der Waals surface area contributed by atoms with E-state index in [4.69, 9.17) is 5.14 Å². The highest BCUT2D eigenvalue weighted by molar-refractivity contribution is 7.89. The minimum atomic E-state index is -3.91. The SMILES string of the molecule is CC1CC(C)C(C)N(C(=O)c2ccccc2S(N)(=O)=O)C1. The van der Waals surface area contributed by atoms with Crippen molar-refractivity contribution in [3.8, 4) is 0 Å². The molecule has 1 aromatic carbocycles. The number of likely N-dealkylation sites (tertiary alicyclic amines) is 1. The summed E-state index contributed by atoms with van der Waals surface area (Å²) in [5.41, 5.74) is 0.160. The van der Waals surface area contributed by atoms with Crippen molar-refractivity contribution in [2.45, 2.75) is 38.1 Å². The third-order valence-corrected chi connectivity index (χ3v) is 5.25. The molecule has 1 aliphatic rings. The summed E-state index contributed by atoms with van der Waals surface area (Å²) in [6.07, 6.45) is 1.07. The predicted octanol–water partition coefficient (Wildman–Crippen LogP) is 1.84. The van der Waals surface area contributed by atoms with Crippen LogP contribution in [0.25, 0.3) is 0 Å². The fraction of sp³-hybridized carbons (Fsp3) is 0.533. The maximum Gasteiger partial charge on any atom is 0.255 e. The highest BCUT2D eigenvalue weighted by Gasteiger charge is 2.33. The Labute approximate surface area is 126 Å². The zero-order valence-corrected chi connectivity index (χ0v) is 13.4. The van der Waals surface area contributed by atoms with Gasteiger partial charge in [-0.3, -0.25) is 4.79 Å². The van der Waals surface area contributed by atoms with Crippen LogP contribution in [0.5, 0.6) is 0 Å². The molecule has 2 rings (SSSR count). The van der Waals surface area contributed by atoms with Crippen molar-refractivity contribution in [2.75, 3.05) is 6.54 Å². The smallest absolute Gasteiger partial charge is 0.255 e. The number of rotatable bonds is 2. The molecule has 1 heterocycles. The minimum Gasteiger partial charge on any atom is -0.335 e. The molecule has 0 bridgehead atoms. The monoisotopic (exact) mass is 310 g/mol. The molecular formula is C15H22N2O3S. The van der Waals surface area contributed by atoms with Crippen molar-refractivity contribution in [3.05, 3.63) is 29.8 Å². The topological polar surface area (TPSA) is 80.5 Å². The Morgan fingerprint density at radius 1 is 1.24 bits per heavy atom. The molecule has 6 heteroatoms. The summed E-state index contributed by atoms with van der Waals surface area (Å²) >= 11 is 0. The number of carbonyl (C=O) groups is 1. The molecule has 1 amide bonds. The Balaban J connectivity index is 2.41. The molecule has 1 saturated heterocycles. The Morgan fingerprint density at radius 3 is 2.48 bits per heavy atom. The Morgan fingerprint density at radius 2 is 1.86 bits per heavy atom. The number of sulfonamides is 1. The lowest BCUT2D eigenvalue weighted by atomic mass is 9.85. The number of piperidine rings is 1. The average Bonchev–Trinajstić information content (AvgIpc) is 2.41. The quantitative estimate of drug-likeness (QED) is 0.905. The van der Waals surface area contributed by atoms with Gasteiger partial charge >= 0.3 is 0 Å². The molecule has 3 unspecified atom stereocenters. The van der Waals surface area contributed by atoms with E-state index in [9.17, 15) is 13.2 Å². The number of carbonyl (C=O) groups excluding carboxylic acids is 1. The zero-order valence-electron chi connectivity index (χ0n) is 12.6. The Kier molecular flexibility index (Phi) is 4.39. The van der Waals surface area contributed by atoms with Crippen LogP contribution in [0.15, 0.2) is 29.2 Å². The molecule has 2 N–H and O–H groups in total. The molecule has 1 aliphatic heterocycles. The summed E-state index contributed by atoms with van der Waals surface area (Å²) in [4.78, 5) is 14.4. The van der Waals surface area contributed by atoms with Crippen LogP contribution in [0.4, 0.5) is 0 Å². The summed E-state index contributed by atoms with van der Waals surface area (Å²) in [6, 6.07) is 6.22. The van der Waals surface area contributed by atoms with E-state index < -0.39 is 10.0 Å². The molecule has 5 nitrogen and oxygen atoms in total. The van der Waals surface area contributed by atoms with Gasteiger partial charge in [-0.25, -0.2) is 13.6 Å². The Bertz CT molecular complexity index is 642. The Hall–Kier alpha value is -1.40. The summed E-state index contributed by atoms with van der Waals surface area (Å²) < 4.78 is 23.3. The van der Waals surface area contributed by atoms with Crippen molar-refractivity contribution in [3.63, 3.8) is 0 Å². The lowest BCUT2D eigenvalue weighted by molar-refractivity contribution is 0.0452. The van der Waals surface area contributed by atoms with Gasteiger partial charge in [0.25, 0.3) is 5.91 Å². The lowest BCUT2D eigenvalue weighted by Gasteiger charge is -2.41. The standard InChI is InChI=1S/C15H22N2O3S/c1-10-8-11(2)12(3)17(9-10)15(18)13-6-4-5-7-14(13)21(16,19)20/h4-7,10-12H,8-9H2,1-3H3,(H2,16,19,20). The number of benzene rings is 1. The van der Waals surface area contributed by atoms with Crippen molar-refractivity contribution < 1.29 is 13.2 Å². The van der Waals surface area contributed by atoms with Crippen molar-refractivity contribution in [1.82, 2.24) is 4.90 Å². The molecule has 0 aliphatic carbocycles. The predicted molar refractivity (Wildman–Crippen MR) is 81.3 cm³/mol. The van der Waals surface area contributed by atoms with E-state index in [2.05, 4.69) is 13.8 Å². The van der Waals surface area contributed by atoms with Gasteiger partial charge in [0.2, 0.25) is 10.0 Å². The van der Waals surface area contributed by atoms with Crippen LogP contribution in [-0.2, 0) is 10.0 Å². The fourth-order valence-electron chi connectivity index (χ4n) is 3.03. The van der Waals surface area contributed by atoms with Crippen LogP contribution in [-0.4, -0.2) is 31.8 Å². The molecule has 3 atom stereocenters. The van der Waals surface area contributed by atoms with E-state index in [0.29, 0.717) is 18.4 Å². The van der Waals surface area contributed by atoms with Gasteiger partial charge in [-0.1, -0.05) is 26.0 Å². The molecule has 1 fully saturated rings. The van der Waals surface area contributed by atoms with Crippen LogP contribution in [0.1, 0.15) is 37.6 Å². The highest BCUT2D eigenvalue weighted by Crippen LogP contribution is 2.29. The van der Waals surface area contributed by atoms with E-state index in [1.807, 2.05) is 6.92 Å². The van der Waals surface area contributed by atoms with Crippen LogP contribution < -0.4 is 5.14 Å². The molecule has 0 spiro atoms. The van der Waals surface area contributed by atoms with E-state index in [0.717, 1.165) is 6.42 Å².